The normalized spacial score (nSPS) is 11.4. The fourth-order valence-electron chi connectivity index (χ4n) is 3.04. The molecule has 5 aromatic rings. The van der Waals surface area contributed by atoms with E-state index in [1.54, 1.807) is 6.20 Å². The Kier molecular flexibility index (Phi) is 3.21. The number of furan rings is 1. The Hall–Kier alpha value is -2.92. The van der Waals surface area contributed by atoms with Crippen molar-refractivity contribution in [3.63, 3.8) is 0 Å². The van der Waals surface area contributed by atoms with Gasteiger partial charge in [0, 0.05) is 21.6 Å². The molecule has 0 N–H and O–H groups in total. The van der Waals surface area contributed by atoms with E-state index in [-0.39, 0.29) is 0 Å². The molecule has 0 bridgehead atoms. The first kappa shape index (κ1) is 14.4. The number of hydrogen-bond acceptors (Lipinski definition) is 3. The molecule has 0 saturated carbocycles. The molecule has 0 amide bonds. The van der Waals surface area contributed by atoms with Crippen molar-refractivity contribution < 1.29 is 4.42 Å². The third kappa shape index (κ3) is 2.36. The van der Waals surface area contributed by atoms with Crippen molar-refractivity contribution in [3.05, 3.63) is 77.5 Å². The van der Waals surface area contributed by atoms with Crippen molar-refractivity contribution in [3.8, 4) is 22.6 Å². The average Bonchev–Trinajstić information content (AvgIpc) is 3.25. The van der Waals surface area contributed by atoms with Crippen molar-refractivity contribution >= 4 is 32.5 Å². The molecule has 0 atom stereocenters. The van der Waals surface area contributed by atoms with Gasteiger partial charge in [0.2, 0.25) is 0 Å². The molecule has 3 heterocycles. The largest absolute Gasteiger partial charge is 0.454 e. The van der Waals surface area contributed by atoms with Gasteiger partial charge in [-0.25, -0.2) is 9.50 Å². The summed E-state index contributed by atoms with van der Waals surface area (Å²) in [7, 11) is 0. The standard InChI is InChI=1S/C20H12BrN3O/c21-15-6-7-18-14(10-15)11-19(25-18)17-8-9-22-20-16(12-23-24(17)20)13-4-2-1-3-5-13/h1-12H. The fourth-order valence-corrected chi connectivity index (χ4v) is 3.42. The minimum Gasteiger partial charge on any atom is -0.454 e. The first-order chi connectivity index (χ1) is 12.3. The second kappa shape index (κ2) is 5.57. The third-order valence-electron chi connectivity index (χ3n) is 4.22. The monoisotopic (exact) mass is 389 g/mol. The second-order valence-electron chi connectivity index (χ2n) is 5.78. The molecule has 0 fully saturated rings. The van der Waals surface area contributed by atoms with Crippen molar-refractivity contribution in [1.82, 2.24) is 14.6 Å². The van der Waals surface area contributed by atoms with E-state index in [0.29, 0.717) is 0 Å². The lowest BCUT2D eigenvalue weighted by atomic mass is 10.1. The maximum atomic E-state index is 6.02. The van der Waals surface area contributed by atoms with Crippen LogP contribution in [0.3, 0.4) is 0 Å². The zero-order chi connectivity index (χ0) is 16.8. The molecule has 0 saturated heterocycles. The van der Waals surface area contributed by atoms with E-state index < -0.39 is 0 Å². The molecule has 0 aliphatic carbocycles. The highest BCUT2D eigenvalue weighted by Gasteiger charge is 2.14. The molecule has 0 spiro atoms. The molecule has 3 aromatic heterocycles. The number of fused-ring (bicyclic) bond motifs is 2. The van der Waals surface area contributed by atoms with Gasteiger partial charge in [-0.05, 0) is 35.9 Å². The van der Waals surface area contributed by atoms with Crippen LogP contribution in [0.25, 0.3) is 39.2 Å². The van der Waals surface area contributed by atoms with Crippen LogP contribution in [-0.4, -0.2) is 14.6 Å². The van der Waals surface area contributed by atoms with Gasteiger partial charge in [-0.2, -0.15) is 5.10 Å². The van der Waals surface area contributed by atoms with E-state index in [9.17, 15) is 0 Å². The van der Waals surface area contributed by atoms with Crippen LogP contribution >= 0.6 is 15.9 Å². The number of halogens is 1. The molecule has 4 nitrogen and oxygen atoms in total. The molecule has 25 heavy (non-hydrogen) atoms. The first-order valence-corrected chi connectivity index (χ1v) is 8.66. The molecule has 0 unspecified atom stereocenters. The summed E-state index contributed by atoms with van der Waals surface area (Å²) >= 11 is 3.50. The van der Waals surface area contributed by atoms with Crippen LogP contribution in [0.2, 0.25) is 0 Å². The highest BCUT2D eigenvalue weighted by atomic mass is 79.9. The predicted octanol–water partition coefficient (Wildman–Crippen LogP) is 5.57. The Morgan fingerprint density at radius 1 is 0.960 bits per heavy atom. The zero-order valence-electron chi connectivity index (χ0n) is 13.1. The molecule has 0 aliphatic heterocycles. The summed E-state index contributed by atoms with van der Waals surface area (Å²) in [6.45, 7) is 0. The van der Waals surface area contributed by atoms with Crippen molar-refractivity contribution in [1.29, 1.82) is 0 Å². The van der Waals surface area contributed by atoms with Crippen LogP contribution in [0, 0.1) is 0 Å². The van der Waals surface area contributed by atoms with Gasteiger partial charge >= 0.3 is 0 Å². The van der Waals surface area contributed by atoms with E-state index >= 15 is 0 Å². The maximum Gasteiger partial charge on any atom is 0.163 e. The summed E-state index contributed by atoms with van der Waals surface area (Å²) < 4.78 is 8.88. The SMILES string of the molecule is Brc1ccc2oc(-c3ccnc4c(-c5ccccc5)cnn34)cc2c1. The van der Waals surface area contributed by atoms with Crippen LogP contribution in [0.15, 0.2) is 81.9 Å². The molecule has 2 aromatic carbocycles. The van der Waals surface area contributed by atoms with Crippen molar-refractivity contribution in [2.75, 3.05) is 0 Å². The number of benzene rings is 2. The van der Waals surface area contributed by atoms with Gasteiger partial charge in [-0.1, -0.05) is 46.3 Å². The average molecular weight is 390 g/mol. The Bertz CT molecular complexity index is 1210. The predicted molar refractivity (Wildman–Crippen MR) is 101 cm³/mol. The Labute approximate surface area is 151 Å². The van der Waals surface area contributed by atoms with Crippen LogP contribution < -0.4 is 0 Å². The van der Waals surface area contributed by atoms with Gasteiger partial charge in [-0.15, -0.1) is 0 Å². The van der Waals surface area contributed by atoms with Gasteiger partial charge < -0.3 is 4.42 Å². The van der Waals surface area contributed by atoms with Crippen LogP contribution in [-0.2, 0) is 0 Å². The van der Waals surface area contributed by atoms with E-state index in [0.717, 1.165) is 43.7 Å². The Balaban J connectivity index is 1.72. The topological polar surface area (TPSA) is 43.3 Å². The highest BCUT2D eigenvalue weighted by Crippen LogP contribution is 2.31. The molecule has 120 valence electrons. The molecule has 0 aliphatic rings. The van der Waals surface area contributed by atoms with Gasteiger partial charge in [-0.3, -0.25) is 0 Å². The molecule has 5 rings (SSSR count). The van der Waals surface area contributed by atoms with Gasteiger partial charge in [0.25, 0.3) is 0 Å². The molecular formula is C20H12BrN3O. The first-order valence-electron chi connectivity index (χ1n) is 7.87. The quantitative estimate of drug-likeness (QED) is 0.396. The summed E-state index contributed by atoms with van der Waals surface area (Å²) in [6, 6.07) is 20.1. The molecular weight excluding hydrogens is 378 g/mol. The molecule has 5 heteroatoms. The van der Waals surface area contributed by atoms with Crippen LogP contribution in [0.1, 0.15) is 0 Å². The summed E-state index contributed by atoms with van der Waals surface area (Å²) in [4.78, 5) is 4.52. The van der Waals surface area contributed by atoms with E-state index in [4.69, 9.17) is 4.42 Å². The number of rotatable bonds is 2. The minimum atomic E-state index is 0.767. The minimum absolute atomic E-state index is 0.767. The van der Waals surface area contributed by atoms with Gasteiger partial charge in [0.05, 0.1) is 6.20 Å². The lowest BCUT2D eigenvalue weighted by Crippen LogP contribution is -1.94. The fraction of sp³-hybridized carbons (Fsp3) is 0. The van der Waals surface area contributed by atoms with E-state index in [1.165, 1.54) is 0 Å². The summed E-state index contributed by atoms with van der Waals surface area (Å²) in [5, 5.41) is 5.59. The highest BCUT2D eigenvalue weighted by molar-refractivity contribution is 9.10. The van der Waals surface area contributed by atoms with Crippen molar-refractivity contribution in [2.24, 2.45) is 0 Å². The lowest BCUT2D eigenvalue weighted by molar-refractivity contribution is 0.625. The summed E-state index contributed by atoms with van der Waals surface area (Å²) in [5.74, 6) is 0.767. The second-order valence-corrected chi connectivity index (χ2v) is 6.70. The van der Waals surface area contributed by atoms with Gasteiger partial charge in [0.1, 0.15) is 11.3 Å². The third-order valence-corrected chi connectivity index (χ3v) is 4.71. The van der Waals surface area contributed by atoms with Crippen molar-refractivity contribution in [2.45, 2.75) is 0 Å². The summed E-state index contributed by atoms with van der Waals surface area (Å²) in [5.41, 5.74) is 4.63. The molecule has 0 radical (unpaired) electrons. The Morgan fingerprint density at radius 3 is 2.72 bits per heavy atom. The number of aromatic nitrogens is 3. The van der Waals surface area contributed by atoms with Crippen LogP contribution in [0.5, 0.6) is 0 Å². The van der Waals surface area contributed by atoms with E-state index in [1.807, 2.05) is 59.2 Å². The summed E-state index contributed by atoms with van der Waals surface area (Å²) in [6.07, 6.45) is 3.64. The Morgan fingerprint density at radius 2 is 1.84 bits per heavy atom. The zero-order valence-corrected chi connectivity index (χ0v) is 14.6. The van der Waals surface area contributed by atoms with Crippen LogP contribution in [0.4, 0.5) is 0 Å². The van der Waals surface area contributed by atoms with Gasteiger partial charge in [0.15, 0.2) is 11.4 Å². The smallest absolute Gasteiger partial charge is 0.163 e. The number of nitrogens with zero attached hydrogens (tertiary/aromatic N) is 3. The number of hydrogen-bond donors (Lipinski definition) is 0. The maximum absolute atomic E-state index is 6.02. The lowest BCUT2D eigenvalue weighted by Gasteiger charge is -2.02. The van der Waals surface area contributed by atoms with E-state index in [2.05, 4.69) is 38.1 Å².